The van der Waals surface area contributed by atoms with Crippen molar-refractivity contribution in [3.8, 4) is 11.4 Å². The highest BCUT2D eigenvalue weighted by molar-refractivity contribution is 7.13. The molecule has 0 saturated heterocycles. The van der Waals surface area contributed by atoms with Gasteiger partial charge in [0, 0.05) is 5.38 Å². The van der Waals surface area contributed by atoms with Crippen LogP contribution in [0.3, 0.4) is 0 Å². The van der Waals surface area contributed by atoms with Crippen molar-refractivity contribution >= 4 is 34.0 Å². The van der Waals surface area contributed by atoms with Gasteiger partial charge < -0.3 is 11.5 Å². The molecule has 0 unspecified atom stereocenters. The van der Waals surface area contributed by atoms with Crippen LogP contribution in [0.1, 0.15) is 5.69 Å². The van der Waals surface area contributed by atoms with Crippen molar-refractivity contribution in [2.75, 3.05) is 0 Å². The lowest BCUT2D eigenvalue weighted by atomic mass is 10.3. The zero-order valence-corrected chi connectivity index (χ0v) is 10.4. The van der Waals surface area contributed by atoms with Crippen LogP contribution in [0.25, 0.3) is 11.4 Å². The third-order valence-electron chi connectivity index (χ3n) is 1.92. The molecule has 0 aliphatic rings. The molecule has 5 nitrogen and oxygen atoms in total. The van der Waals surface area contributed by atoms with Gasteiger partial charge in [0.05, 0.1) is 17.3 Å². The maximum absolute atomic E-state index is 5.73. The number of halogens is 1. The summed E-state index contributed by atoms with van der Waals surface area (Å²) >= 11 is 7.08. The largest absolute Gasteiger partial charge is 0.370 e. The molecule has 17 heavy (non-hydrogen) atoms. The molecule has 0 aromatic carbocycles. The van der Waals surface area contributed by atoms with Crippen molar-refractivity contribution in [1.82, 2.24) is 9.97 Å². The molecule has 0 aliphatic heterocycles. The molecule has 2 aromatic heterocycles. The number of alkyl halides is 1. The Morgan fingerprint density at radius 3 is 2.82 bits per heavy atom. The van der Waals surface area contributed by atoms with Crippen LogP contribution in [0.4, 0.5) is 5.13 Å². The van der Waals surface area contributed by atoms with Gasteiger partial charge in [-0.2, -0.15) is 4.99 Å². The first-order valence-corrected chi connectivity index (χ1v) is 6.18. The molecule has 0 saturated carbocycles. The van der Waals surface area contributed by atoms with Gasteiger partial charge in [-0.1, -0.05) is 6.07 Å². The Morgan fingerprint density at radius 2 is 2.12 bits per heavy atom. The minimum absolute atomic E-state index is 0.00614. The minimum atomic E-state index is -0.00614. The number of nitrogens with zero attached hydrogens (tertiary/aromatic N) is 3. The third kappa shape index (κ3) is 2.92. The molecular weight excluding hydrogens is 258 g/mol. The third-order valence-corrected chi connectivity index (χ3v) is 2.93. The van der Waals surface area contributed by atoms with Gasteiger partial charge in [0.1, 0.15) is 5.69 Å². The number of aliphatic imine (C=N–C) groups is 1. The highest BCUT2D eigenvalue weighted by Crippen LogP contribution is 2.25. The second-order valence-electron chi connectivity index (χ2n) is 3.20. The van der Waals surface area contributed by atoms with Crippen molar-refractivity contribution in [3.63, 3.8) is 0 Å². The molecule has 2 rings (SSSR count). The second-order valence-corrected chi connectivity index (χ2v) is 4.30. The standard InChI is InChI=1S/C10H10ClN5S/c11-4-6-2-1-3-7(14-6)8-5-17-10(15-8)16-9(12)13/h1-3,5H,4H2,(H4,12,13,15,16). The van der Waals surface area contributed by atoms with Crippen molar-refractivity contribution < 1.29 is 0 Å². The first-order chi connectivity index (χ1) is 8.19. The van der Waals surface area contributed by atoms with Gasteiger partial charge in [-0.15, -0.1) is 22.9 Å². The Hall–Kier alpha value is -1.66. The van der Waals surface area contributed by atoms with Crippen molar-refractivity contribution in [3.05, 3.63) is 29.3 Å². The molecule has 7 heteroatoms. The summed E-state index contributed by atoms with van der Waals surface area (Å²) in [4.78, 5) is 12.5. The van der Waals surface area contributed by atoms with Crippen LogP contribution in [0.2, 0.25) is 0 Å². The fraction of sp³-hybridized carbons (Fsp3) is 0.100. The molecule has 0 radical (unpaired) electrons. The smallest absolute Gasteiger partial charge is 0.212 e. The molecule has 2 aromatic rings. The monoisotopic (exact) mass is 267 g/mol. The van der Waals surface area contributed by atoms with Gasteiger partial charge >= 0.3 is 0 Å². The average molecular weight is 268 g/mol. The lowest BCUT2D eigenvalue weighted by molar-refractivity contribution is 1.16. The predicted molar refractivity (Wildman–Crippen MR) is 70.4 cm³/mol. The summed E-state index contributed by atoms with van der Waals surface area (Å²) < 4.78 is 0. The van der Waals surface area contributed by atoms with E-state index in [9.17, 15) is 0 Å². The molecule has 4 N–H and O–H groups in total. The summed E-state index contributed by atoms with van der Waals surface area (Å²) in [5, 5.41) is 2.36. The Kier molecular flexibility index (Phi) is 3.55. The van der Waals surface area contributed by atoms with Crippen LogP contribution in [0, 0.1) is 0 Å². The van der Waals surface area contributed by atoms with E-state index in [0.717, 1.165) is 17.1 Å². The van der Waals surface area contributed by atoms with Crippen molar-refractivity contribution in [1.29, 1.82) is 0 Å². The molecular formula is C10H10ClN5S. The Bertz CT molecular complexity index is 547. The normalized spacial score (nSPS) is 10.2. The number of hydrogen-bond donors (Lipinski definition) is 2. The van der Waals surface area contributed by atoms with E-state index in [1.54, 1.807) is 0 Å². The van der Waals surface area contributed by atoms with Crippen LogP contribution in [0.15, 0.2) is 28.6 Å². The van der Waals surface area contributed by atoms with Gasteiger partial charge in [0.15, 0.2) is 5.96 Å². The topological polar surface area (TPSA) is 90.2 Å². The van der Waals surface area contributed by atoms with Gasteiger partial charge in [-0.25, -0.2) is 9.97 Å². The van der Waals surface area contributed by atoms with Crippen molar-refractivity contribution in [2.24, 2.45) is 16.5 Å². The number of guanidine groups is 1. The van der Waals surface area contributed by atoms with Gasteiger partial charge in [-0.3, -0.25) is 0 Å². The maximum Gasteiger partial charge on any atom is 0.212 e. The van der Waals surface area contributed by atoms with E-state index in [1.165, 1.54) is 11.3 Å². The molecule has 0 amide bonds. The van der Waals surface area contributed by atoms with Crippen LogP contribution in [-0.4, -0.2) is 15.9 Å². The average Bonchev–Trinajstić information content (AvgIpc) is 2.77. The van der Waals surface area contributed by atoms with E-state index in [4.69, 9.17) is 23.1 Å². The number of aromatic nitrogens is 2. The lowest BCUT2D eigenvalue weighted by Gasteiger charge is -1.98. The van der Waals surface area contributed by atoms with E-state index in [-0.39, 0.29) is 5.96 Å². The summed E-state index contributed by atoms with van der Waals surface area (Å²) in [6, 6.07) is 5.61. The highest BCUT2D eigenvalue weighted by atomic mass is 35.5. The molecule has 0 spiro atoms. The fourth-order valence-corrected chi connectivity index (χ4v) is 2.09. The molecule has 88 valence electrons. The van der Waals surface area contributed by atoms with E-state index >= 15 is 0 Å². The van der Waals surface area contributed by atoms with Crippen LogP contribution < -0.4 is 11.5 Å². The van der Waals surface area contributed by atoms with Gasteiger partial charge in [0.2, 0.25) is 5.13 Å². The van der Waals surface area contributed by atoms with Crippen LogP contribution in [0.5, 0.6) is 0 Å². The summed E-state index contributed by atoms with van der Waals surface area (Å²) in [6.07, 6.45) is 0. The number of hydrogen-bond acceptors (Lipinski definition) is 4. The fourth-order valence-electron chi connectivity index (χ4n) is 1.24. The SMILES string of the molecule is NC(N)=Nc1nc(-c2cccc(CCl)n2)cs1. The highest BCUT2D eigenvalue weighted by Gasteiger charge is 2.06. The number of rotatable bonds is 3. The number of pyridine rings is 1. The van der Waals surface area contributed by atoms with Crippen LogP contribution in [-0.2, 0) is 5.88 Å². The van der Waals surface area contributed by atoms with Crippen LogP contribution >= 0.6 is 22.9 Å². The van der Waals surface area contributed by atoms with Gasteiger partial charge in [-0.05, 0) is 12.1 Å². The minimum Gasteiger partial charge on any atom is -0.370 e. The first-order valence-electron chi connectivity index (χ1n) is 4.76. The van der Waals surface area contributed by atoms with E-state index in [0.29, 0.717) is 11.0 Å². The second kappa shape index (κ2) is 5.11. The zero-order chi connectivity index (χ0) is 12.3. The molecule has 0 aliphatic carbocycles. The quantitative estimate of drug-likeness (QED) is 0.504. The van der Waals surface area contributed by atoms with Crippen molar-refractivity contribution in [2.45, 2.75) is 5.88 Å². The van der Waals surface area contributed by atoms with E-state index < -0.39 is 0 Å². The predicted octanol–water partition coefficient (Wildman–Crippen LogP) is 1.85. The van der Waals surface area contributed by atoms with E-state index in [1.807, 2.05) is 23.6 Å². The Labute approximate surface area is 107 Å². The lowest BCUT2D eigenvalue weighted by Crippen LogP contribution is -2.21. The Balaban J connectivity index is 2.33. The summed E-state index contributed by atoms with van der Waals surface area (Å²) in [5.74, 6) is 0.368. The van der Waals surface area contributed by atoms with E-state index in [2.05, 4.69) is 15.0 Å². The number of nitrogens with two attached hydrogens (primary N) is 2. The summed E-state index contributed by atoms with van der Waals surface area (Å²) in [6.45, 7) is 0. The molecule has 0 bridgehead atoms. The number of thiazole rings is 1. The Morgan fingerprint density at radius 1 is 1.29 bits per heavy atom. The molecule has 0 atom stereocenters. The summed E-state index contributed by atoms with van der Waals surface area (Å²) in [5.41, 5.74) is 12.9. The molecule has 0 fully saturated rings. The first kappa shape index (κ1) is 11.8. The maximum atomic E-state index is 5.73. The van der Waals surface area contributed by atoms with Gasteiger partial charge in [0.25, 0.3) is 0 Å². The molecule has 2 heterocycles. The zero-order valence-electron chi connectivity index (χ0n) is 8.80. The summed E-state index contributed by atoms with van der Waals surface area (Å²) in [7, 11) is 0.